The number of hydrogen-bond acceptors (Lipinski definition) is 5. The van der Waals surface area contributed by atoms with Crippen molar-refractivity contribution < 1.29 is 9.59 Å². The van der Waals surface area contributed by atoms with E-state index < -0.39 is 5.91 Å². The van der Waals surface area contributed by atoms with Crippen LogP contribution in [0, 0.1) is 0 Å². The van der Waals surface area contributed by atoms with Gasteiger partial charge in [0.05, 0.1) is 15.9 Å². The van der Waals surface area contributed by atoms with Gasteiger partial charge >= 0.3 is 0 Å². The topological polar surface area (TPSA) is 79.1 Å². The predicted octanol–water partition coefficient (Wildman–Crippen LogP) is 2.35. The van der Waals surface area contributed by atoms with Crippen LogP contribution in [0.4, 0.5) is 5.69 Å². The number of nitrogens with zero attached hydrogens (tertiary/aromatic N) is 4. The van der Waals surface area contributed by atoms with Crippen molar-refractivity contribution in [3.8, 4) is 0 Å². The van der Waals surface area contributed by atoms with E-state index in [2.05, 4.69) is 15.6 Å². The fourth-order valence-electron chi connectivity index (χ4n) is 2.84. The highest BCUT2D eigenvalue weighted by Crippen LogP contribution is 2.19. The molecule has 8 heteroatoms. The molecule has 136 valence electrons. The lowest BCUT2D eigenvalue weighted by Gasteiger charge is -2.22. The van der Waals surface area contributed by atoms with Gasteiger partial charge in [0, 0.05) is 19.9 Å². The summed E-state index contributed by atoms with van der Waals surface area (Å²) in [5.41, 5.74) is 4.53. The molecule has 2 heterocycles. The van der Waals surface area contributed by atoms with Crippen molar-refractivity contribution in [1.29, 1.82) is 0 Å². The Kier molecular flexibility index (Phi) is 4.55. The van der Waals surface area contributed by atoms with Gasteiger partial charge in [-0.1, -0.05) is 41.7 Å². The number of benzene rings is 2. The number of para-hydroxylation sites is 2. The molecule has 0 aliphatic carbocycles. The molecule has 1 aliphatic rings. The second-order valence-electron chi connectivity index (χ2n) is 6.05. The van der Waals surface area contributed by atoms with Gasteiger partial charge in [0.15, 0.2) is 0 Å². The Bertz CT molecular complexity index is 1110. The zero-order valence-electron chi connectivity index (χ0n) is 14.6. The van der Waals surface area contributed by atoms with Crippen LogP contribution in [0.2, 0.25) is 0 Å². The summed E-state index contributed by atoms with van der Waals surface area (Å²) in [5.74, 6) is -0.536. The summed E-state index contributed by atoms with van der Waals surface area (Å²) in [6.45, 7) is 0. The van der Waals surface area contributed by atoms with Crippen LogP contribution in [-0.4, -0.2) is 22.1 Å². The highest BCUT2D eigenvalue weighted by atomic mass is 32.1. The van der Waals surface area contributed by atoms with Gasteiger partial charge in [0.1, 0.15) is 5.71 Å². The van der Waals surface area contributed by atoms with Crippen LogP contribution < -0.4 is 15.2 Å². The molecule has 0 saturated carbocycles. The normalized spacial score (nSPS) is 15.1. The average molecular weight is 379 g/mol. The van der Waals surface area contributed by atoms with Crippen molar-refractivity contribution in [2.45, 2.75) is 12.8 Å². The van der Waals surface area contributed by atoms with Gasteiger partial charge < -0.3 is 4.57 Å². The standard InChI is InChI=1S/C19H17N5O2S/c1-23-15-9-5-6-10-16(15)27-19(23)21-20-18(26)14-11-12-17(25)24(22-14)13-7-3-2-4-8-13/h2-10H,11-12H2,1H3,(H,20,26)/b21-19+. The molecule has 0 fully saturated rings. The molecule has 1 N–H and O–H groups in total. The van der Waals surface area contributed by atoms with E-state index >= 15 is 0 Å². The minimum absolute atomic E-state index is 0.134. The molecule has 4 rings (SSSR count). The summed E-state index contributed by atoms with van der Waals surface area (Å²) in [4.78, 5) is 25.3. The van der Waals surface area contributed by atoms with Gasteiger partial charge in [-0.05, 0) is 24.3 Å². The van der Waals surface area contributed by atoms with Crippen molar-refractivity contribution >= 4 is 44.8 Å². The molecule has 0 unspecified atom stereocenters. The third-order valence-electron chi connectivity index (χ3n) is 4.26. The minimum atomic E-state index is -0.402. The molecule has 27 heavy (non-hydrogen) atoms. The summed E-state index contributed by atoms with van der Waals surface area (Å²) < 4.78 is 3.01. The van der Waals surface area contributed by atoms with Crippen LogP contribution in [-0.2, 0) is 16.6 Å². The number of amides is 2. The Hall–Kier alpha value is -3.26. The molecule has 3 aromatic rings. The third kappa shape index (κ3) is 3.39. The van der Waals surface area contributed by atoms with Gasteiger partial charge in [-0.2, -0.15) is 5.10 Å². The van der Waals surface area contributed by atoms with E-state index in [0.29, 0.717) is 16.9 Å². The van der Waals surface area contributed by atoms with Crippen molar-refractivity contribution in [3.05, 3.63) is 59.4 Å². The zero-order valence-corrected chi connectivity index (χ0v) is 15.4. The average Bonchev–Trinajstić information content (AvgIpc) is 3.03. The molecule has 0 saturated heterocycles. The molecule has 1 aliphatic heterocycles. The van der Waals surface area contributed by atoms with E-state index in [9.17, 15) is 9.59 Å². The maximum Gasteiger partial charge on any atom is 0.287 e. The van der Waals surface area contributed by atoms with Crippen molar-refractivity contribution in [2.24, 2.45) is 17.3 Å². The van der Waals surface area contributed by atoms with Gasteiger partial charge in [-0.3, -0.25) is 9.59 Å². The van der Waals surface area contributed by atoms with E-state index in [-0.39, 0.29) is 18.0 Å². The fraction of sp³-hybridized carbons (Fsp3) is 0.158. The fourth-order valence-corrected chi connectivity index (χ4v) is 3.82. The van der Waals surface area contributed by atoms with Crippen molar-refractivity contribution in [3.63, 3.8) is 0 Å². The molecule has 2 aromatic carbocycles. The maximum atomic E-state index is 12.5. The first-order valence-electron chi connectivity index (χ1n) is 8.47. The van der Waals surface area contributed by atoms with Gasteiger partial charge in [0.2, 0.25) is 10.7 Å². The lowest BCUT2D eigenvalue weighted by Crippen LogP contribution is -2.38. The Balaban J connectivity index is 1.59. The van der Waals surface area contributed by atoms with Gasteiger partial charge in [-0.25, -0.2) is 10.4 Å². The lowest BCUT2D eigenvalue weighted by atomic mass is 10.1. The number of nitrogens with one attached hydrogen (secondary N) is 1. The Morgan fingerprint density at radius 2 is 1.85 bits per heavy atom. The molecular formula is C19H17N5O2S. The SMILES string of the molecule is Cn1/c(=N\NC(=O)C2=NN(c3ccccc3)C(=O)CC2)sc2ccccc21. The highest BCUT2D eigenvalue weighted by Gasteiger charge is 2.25. The van der Waals surface area contributed by atoms with E-state index in [1.54, 1.807) is 12.1 Å². The number of thiazole rings is 1. The molecule has 0 atom stereocenters. The summed E-state index contributed by atoms with van der Waals surface area (Å²) in [6.07, 6.45) is 0.528. The molecule has 0 radical (unpaired) electrons. The molecular weight excluding hydrogens is 362 g/mol. The monoisotopic (exact) mass is 379 g/mol. The maximum absolute atomic E-state index is 12.5. The molecule has 2 amide bonds. The number of anilines is 1. The summed E-state index contributed by atoms with van der Waals surface area (Å²) in [5, 5.41) is 9.74. The predicted molar refractivity (Wildman–Crippen MR) is 105 cm³/mol. The number of carbonyl (C=O) groups is 2. The number of hydrogen-bond donors (Lipinski definition) is 1. The number of rotatable bonds is 3. The van der Waals surface area contributed by atoms with Crippen LogP contribution in [0.3, 0.4) is 0 Å². The van der Waals surface area contributed by atoms with Crippen molar-refractivity contribution in [2.75, 3.05) is 5.01 Å². The number of fused-ring (bicyclic) bond motifs is 1. The smallest absolute Gasteiger partial charge is 0.287 e. The van der Waals surface area contributed by atoms with E-state index in [0.717, 1.165) is 10.2 Å². The first-order valence-corrected chi connectivity index (χ1v) is 9.29. The molecule has 1 aromatic heterocycles. The van der Waals surface area contributed by atoms with Crippen LogP contribution in [0.1, 0.15) is 12.8 Å². The summed E-state index contributed by atoms with van der Waals surface area (Å²) >= 11 is 1.49. The van der Waals surface area contributed by atoms with E-state index in [1.165, 1.54) is 16.3 Å². The lowest BCUT2D eigenvalue weighted by molar-refractivity contribution is -0.118. The van der Waals surface area contributed by atoms with Gasteiger partial charge in [0.25, 0.3) is 5.91 Å². The number of aromatic nitrogens is 1. The second kappa shape index (κ2) is 7.16. The van der Waals surface area contributed by atoms with E-state index in [1.807, 2.05) is 54.1 Å². The van der Waals surface area contributed by atoms with E-state index in [4.69, 9.17) is 0 Å². The molecule has 0 bridgehead atoms. The van der Waals surface area contributed by atoms with Crippen LogP contribution in [0.5, 0.6) is 0 Å². The zero-order chi connectivity index (χ0) is 18.8. The molecule has 7 nitrogen and oxygen atoms in total. The summed E-state index contributed by atoms with van der Waals surface area (Å²) in [6, 6.07) is 17.0. The minimum Gasteiger partial charge on any atom is -0.318 e. The van der Waals surface area contributed by atoms with Crippen LogP contribution >= 0.6 is 11.3 Å². The Morgan fingerprint density at radius 1 is 1.11 bits per heavy atom. The Labute approximate surface area is 159 Å². The number of carbonyl (C=O) groups excluding carboxylic acids is 2. The summed E-state index contributed by atoms with van der Waals surface area (Å²) in [7, 11) is 1.90. The molecule has 0 spiro atoms. The van der Waals surface area contributed by atoms with Gasteiger partial charge in [-0.15, -0.1) is 5.10 Å². The third-order valence-corrected chi connectivity index (χ3v) is 5.38. The Morgan fingerprint density at radius 3 is 2.63 bits per heavy atom. The first-order chi connectivity index (χ1) is 13.1. The largest absolute Gasteiger partial charge is 0.318 e. The number of aryl methyl sites for hydroxylation is 1. The van der Waals surface area contributed by atoms with Crippen LogP contribution in [0.15, 0.2) is 64.8 Å². The van der Waals surface area contributed by atoms with Crippen LogP contribution in [0.25, 0.3) is 10.2 Å². The quantitative estimate of drug-likeness (QED) is 0.709. The highest BCUT2D eigenvalue weighted by molar-refractivity contribution is 7.16. The first kappa shape index (κ1) is 17.2. The second-order valence-corrected chi connectivity index (χ2v) is 7.06. The number of hydrazone groups is 1. The van der Waals surface area contributed by atoms with Crippen molar-refractivity contribution in [1.82, 2.24) is 9.99 Å².